The lowest BCUT2D eigenvalue weighted by molar-refractivity contribution is -0.150. The van der Waals surface area contributed by atoms with E-state index in [2.05, 4.69) is 4.74 Å². The van der Waals surface area contributed by atoms with Crippen LogP contribution in [-0.4, -0.2) is 32.9 Å². The molecule has 1 N–H and O–H groups in total. The minimum absolute atomic E-state index is 0.614. The van der Waals surface area contributed by atoms with Crippen molar-refractivity contribution in [2.45, 2.75) is 11.0 Å². The standard InChI is InChI=1S/C10H10F2O5S/c1-17-10(14)8(13)5-3-4-6(11)9(7(5)12)18(2,15)16/h3-4,8,13H,1-2H3. The Kier molecular flexibility index (Phi) is 4.02. The first-order valence-corrected chi connectivity index (χ1v) is 6.53. The van der Waals surface area contributed by atoms with E-state index >= 15 is 0 Å². The Balaban J connectivity index is 3.48. The second-order valence-electron chi connectivity index (χ2n) is 3.48. The number of benzene rings is 1. The molecule has 1 aromatic carbocycles. The normalized spacial score (nSPS) is 13.2. The van der Waals surface area contributed by atoms with Gasteiger partial charge >= 0.3 is 5.97 Å². The van der Waals surface area contributed by atoms with Gasteiger partial charge in [0.25, 0.3) is 0 Å². The molecule has 0 radical (unpaired) electrons. The number of carbonyl (C=O) groups is 1. The van der Waals surface area contributed by atoms with Gasteiger partial charge in [-0.25, -0.2) is 22.0 Å². The van der Waals surface area contributed by atoms with Crippen LogP contribution in [0.3, 0.4) is 0 Å². The van der Waals surface area contributed by atoms with Crippen molar-refractivity contribution in [3.8, 4) is 0 Å². The number of carbonyl (C=O) groups excluding carboxylic acids is 1. The maximum absolute atomic E-state index is 13.8. The summed E-state index contributed by atoms with van der Waals surface area (Å²) in [6, 6.07) is 1.43. The Labute approximate surface area is 102 Å². The molecule has 1 atom stereocenters. The third-order valence-electron chi connectivity index (χ3n) is 2.17. The van der Waals surface area contributed by atoms with Gasteiger partial charge in [-0.1, -0.05) is 0 Å². The molecule has 0 aliphatic heterocycles. The number of sulfone groups is 1. The van der Waals surface area contributed by atoms with Gasteiger partial charge in [-0.05, 0) is 12.1 Å². The molecule has 0 fully saturated rings. The highest BCUT2D eigenvalue weighted by Crippen LogP contribution is 2.26. The van der Waals surface area contributed by atoms with E-state index < -0.39 is 44.0 Å². The molecule has 0 saturated heterocycles. The summed E-state index contributed by atoms with van der Waals surface area (Å²) in [7, 11) is -3.20. The zero-order chi connectivity index (χ0) is 14.1. The van der Waals surface area contributed by atoms with E-state index in [-0.39, 0.29) is 0 Å². The van der Waals surface area contributed by atoms with Crippen molar-refractivity contribution in [3.05, 3.63) is 29.3 Å². The maximum atomic E-state index is 13.8. The molecule has 0 saturated carbocycles. The van der Waals surface area contributed by atoms with Crippen molar-refractivity contribution in [2.75, 3.05) is 13.4 Å². The fraction of sp³-hybridized carbons (Fsp3) is 0.300. The Morgan fingerprint density at radius 2 is 1.94 bits per heavy atom. The summed E-state index contributed by atoms with van der Waals surface area (Å²) in [5.41, 5.74) is -0.663. The Morgan fingerprint density at radius 3 is 2.39 bits per heavy atom. The minimum Gasteiger partial charge on any atom is -0.467 e. The highest BCUT2D eigenvalue weighted by molar-refractivity contribution is 7.90. The summed E-state index contributed by atoms with van der Waals surface area (Å²) in [5.74, 6) is -3.98. The van der Waals surface area contributed by atoms with E-state index in [0.29, 0.717) is 12.3 Å². The summed E-state index contributed by atoms with van der Waals surface area (Å²) in [6.07, 6.45) is -1.40. The Morgan fingerprint density at radius 1 is 1.39 bits per heavy atom. The van der Waals surface area contributed by atoms with Crippen LogP contribution in [0.5, 0.6) is 0 Å². The van der Waals surface area contributed by atoms with Crippen LogP contribution in [0, 0.1) is 11.6 Å². The van der Waals surface area contributed by atoms with Gasteiger partial charge in [-0.3, -0.25) is 0 Å². The average molecular weight is 280 g/mol. The molecule has 1 rings (SSSR count). The smallest absolute Gasteiger partial charge is 0.339 e. The van der Waals surface area contributed by atoms with Gasteiger partial charge in [0.1, 0.15) is 10.7 Å². The molecule has 100 valence electrons. The second kappa shape index (κ2) is 4.99. The fourth-order valence-electron chi connectivity index (χ4n) is 1.34. The number of rotatable bonds is 3. The highest BCUT2D eigenvalue weighted by Gasteiger charge is 2.28. The number of ether oxygens (including phenoxy) is 1. The molecule has 5 nitrogen and oxygen atoms in total. The molecule has 0 spiro atoms. The molecule has 0 amide bonds. The molecule has 0 aliphatic carbocycles. The van der Waals surface area contributed by atoms with E-state index in [1.54, 1.807) is 0 Å². The molecule has 1 aromatic rings. The molecule has 8 heteroatoms. The third-order valence-corrected chi connectivity index (χ3v) is 3.28. The van der Waals surface area contributed by atoms with Crippen LogP contribution in [0.2, 0.25) is 0 Å². The van der Waals surface area contributed by atoms with E-state index in [9.17, 15) is 27.1 Å². The number of esters is 1. The third kappa shape index (κ3) is 2.65. The summed E-state index contributed by atoms with van der Waals surface area (Å²) < 4.78 is 53.6. The van der Waals surface area contributed by atoms with Gasteiger partial charge in [-0.15, -0.1) is 0 Å². The number of aliphatic hydroxyl groups is 1. The lowest BCUT2D eigenvalue weighted by atomic mass is 10.1. The molecule has 0 bridgehead atoms. The zero-order valence-electron chi connectivity index (χ0n) is 9.48. The molecular weight excluding hydrogens is 270 g/mol. The first kappa shape index (κ1) is 14.5. The predicted octanol–water partition coefficient (Wildman–Crippen LogP) is 0.575. The average Bonchev–Trinajstić information content (AvgIpc) is 2.25. The molecule has 18 heavy (non-hydrogen) atoms. The summed E-state index contributed by atoms with van der Waals surface area (Å²) in [4.78, 5) is 9.84. The van der Waals surface area contributed by atoms with Crippen LogP contribution in [0.1, 0.15) is 11.7 Å². The van der Waals surface area contributed by atoms with E-state index in [0.717, 1.165) is 13.2 Å². The van der Waals surface area contributed by atoms with Crippen molar-refractivity contribution in [3.63, 3.8) is 0 Å². The van der Waals surface area contributed by atoms with Crippen LogP contribution in [0.4, 0.5) is 8.78 Å². The maximum Gasteiger partial charge on any atom is 0.339 e. The lowest BCUT2D eigenvalue weighted by Crippen LogP contribution is -2.17. The van der Waals surface area contributed by atoms with Crippen molar-refractivity contribution >= 4 is 15.8 Å². The Hall–Kier alpha value is -1.54. The van der Waals surface area contributed by atoms with Gasteiger partial charge in [0.15, 0.2) is 21.8 Å². The summed E-state index contributed by atoms with van der Waals surface area (Å²) >= 11 is 0. The van der Waals surface area contributed by atoms with Gasteiger partial charge in [0.05, 0.1) is 7.11 Å². The van der Waals surface area contributed by atoms with E-state index in [4.69, 9.17) is 0 Å². The summed E-state index contributed by atoms with van der Waals surface area (Å²) in [5, 5.41) is 9.42. The van der Waals surface area contributed by atoms with E-state index in [1.807, 2.05) is 0 Å². The van der Waals surface area contributed by atoms with Crippen LogP contribution in [0.15, 0.2) is 17.0 Å². The van der Waals surface area contributed by atoms with E-state index in [1.165, 1.54) is 0 Å². The minimum atomic E-state index is -4.17. The SMILES string of the molecule is COC(=O)C(O)c1ccc(F)c(S(C)(=O)=O)c1F. The number of methoxy groups -OCH3 is 1. The van der Waals surface area contributed by atoms with Gasteiger partial charge in [0, 0.05) is 11.8 Å². The quantitative estimate of drug-likeness (QED) is 0.819. The van der Waals surface area contributed by atoms with Gasteiger partial charge in [-0.2, -0.15) is 0 Å². The monoisotopic (exact) mass is 280 g/mol. The van der Waals surface area contributed by atoms with Crippen molar-refractivity contribution < 1.29 is 31.8 Å². The van der Waals surface area contributed by atoms with Crippen molar-refractivity contribution in [1.82, 2.24) is 0 Å². The zero-order valence-corrected chi connectivity index (χ0v) is 10.3. The molecule has 1 unspecified atom stereocenters. The lowest BCUT2D eigenvalue weighted by Gasteiger charge is -2.12. The fourth-order valence-corrected chi connectivity index (χ4v) is 2.20. The first-order valence-electron chi connectivity index (χ1n) is 4.64. The second-order valence-corrected chi connectivity index (χ2v) is 5.43. The molecule has 0 heterocycles. The predicted molar refractivity (Wildman–Crippen MR) is 56.4 cm³/mol. The summed E-state index contributed by atoms with van der Waals surface area (Å²) in [6.45, 7) is 0. The topological polar surface area (TPSA) is 80.7 Å². The van der Waals surface area contributed by atoms with Crippen LogP contribution in [0.25, 0.3) is 0 Å². The first-order chi connectivity index (χ1) is 8.20. The molecule has 0 aromatic heterocycles. The highest BCUT2D eigenvalue weighted by atomic mass is 32.2. The number of aliphatic hydroxyl groups excluding tert-OH is 1. The number of halogens is 2. The molecule has 0 aliphatic rings. The van der Waals surface area contributed by atoms with Gasteiger partial charge < -0.3 is 9.84 Å². The number of hydrogen-bond acceptors (Lipinski definition) is 5. The van der Waals surface area contributed by atoms with Crippen LogP contribution in [-0.2, 0) is 19.4 Å². The largest absolute Gasteiger partial charge is 0.467 e. The van der Waals surface area contributed by atoms with Crippen molar-refractivity contribution in [1.29, 1.82) is 0 Å². The van der Waals surface area contributed by atoms with Gasteiger partial charge in [0.2, 0.25) is 0 Å². The van der Waals surface area contributed by atoms with Crippen LogP contribution >= 0.6 is 0 Å². The molecular formula is C10H10F2O5S. The van der Waals surface area contributed by atoms with Crippen molar-refractivity contribution in [2.24, 2.45) is 0 Å². The Bertz CT molecular complexity index is 582. The van der Waals surface area contributed by atoms with Crippen LogP contribution < -0.4 is 0 Å². The number of hydrogen-bond donors (Lipinski definition) is 1.